The molecule has 0 aromatic carbocycles. The monoisotopic (exact) mass is 285 g/mol. The molecule has 7 heteroatoms. The fraction of sp³-hybridized carbons (Fsp3) is 1.00. The molecule has 0 saturated carbocycles. The highest BCUT2D eigenvalue weighted by Gasteiger charge is 2.29. The van der Waals surface area contributed by atoms with Crippen LogP contribution in [-0.2, 0) is 19.7 Å². The molecule has 1 N–H and O–H groups in total. The van der Waals surface area contributed by atoms with Crippen LogP contribution in [0, 0.1) is 0 Å². The number of nitrogens with one attached hydrogen (secondary N) is 1. The fourth-order valence-corrected chi connectivity index (χ4v) is 2.24. The van der Waals surface area contributed by atoms with E-state index < -0.39 is 29.7 Å². The van der Waals surface area contributed by atoms with Crippen LogP contribution >= 0.6 is 0 Å². The molecule has 0 rings (SSSR count). The van der Waals surface area contributed by atoms with Gasteiger partial charge in [0.25, 0.3) is 0 Å². The molecule has 17 heavy (non-hydrogen) atoms. The molecule has 0 aromatic heterocycles. The van der Waals surface area contributed by atoms with Gasteiger partial charge in [-0.15, -0.1) is 0 Å². The molecule has 0 aliphatic rings. The minimum Gasteiger partial charge on any atom is -0.314 e. The molecule has 0 unspecified atom stereocenters. The summed E-state index contributed by atoms with van der Waals surface area (Å²) in [7, 11) is -6.21. The molecule has 0 radical (unpaired) electrons. The third-order valence-electron chi connectivity index (χ3n) is 2.84. The van der Waals surface area contributed by atoms with Gasteiger partial charge < -0.3 is 5.32 Å². The quantitative estimate of drug-likeness (QED) is 0.677. The Balaban J connectivity index is 4.21. The van der Waals surface area contributed by atoms with E-state index in [4.69, 9.17) is 0 Å². The van der Waals surface area contributed by atoms with E-state index in [0.29, 0.717) is 0 Å². The summed E-state index contributed by atoms with van der Waals surface area (Å²) >= 11 is 0. The third kappa shape index (κ3) is 5.35. The lowest BCUT2D eigenvalue weighted by Crippen LogP contribution is -2.43. The zero-order valence-corrected chi connectivity index (χ0v) is 12.8. The molecule has 0 fully saturated rings. The van der Waals surface area contributed by atoms with E-state index >= 15 is 0 Å². The van der Waals surface area contributed by atoms with Gasteiger partial charge in [0.2, 0.25) is 0 Å². The predicted molar refractivity (Wildman–Crippen MR) is 70.7 cm³/mol. The van der Waals surface area contributed by atoms with Crippen molar-refractivity contribution in [2.45, 2.75) is 37.7 Å². The first-order valence-electron chi connectivity index (χ1n) is 5.52. The Kier molecular flexibility index (Phi) is 5.62. The molecular weight excluding hydrogens is 262 g/mol. The van der Waals surface area contributed by atoms with Gasteiger partial charge in [0.1, 0.15) is 0 Å². The van der Waals surface area contributed by atoms with Crippen molar-refractivity contribution in [1.29, 1.82) is 0 Å². The maximum atomic E-state index is 11.5. The van der Waals surface area contributed by atoms with Crippen molar-refractivity contribution in [1.82, 2.24) is 5.32 Å². The molecule has 104 valence electrons. The summed E-state index contributed by atoms with van der Waals surface area (Å²) in [6.07, 6.45) is 1.18. The van der Waals surface area contributed by atoms with Gasteiger partial charge in [-0.3, -0.25) is 0 Å². The van der Waals surface area contributed by atoms with Crippen molar-refractivity contribution in [3.63, 3.8) is 0 Å². The molecular formula is C10H23NO4S2. The Morgan fingerprint density at radius 1 is 1.12 bits per heavy atom. The minimum absolute atomic E-state index is 0.0323. The van der Waals surface area contributed by atoms with E-state index in [1.165, 1.54) is 6.26 Å². The van der Waals surface area contributed by atoms with Gasteiger partial charge in [0.15, 0.2) is 19.7 Å². The summed E-state index contributed by atoms with van der Waals surface area (Å²) in [6.45, 7) is 7.03. The van der Waals surface area contributed by atoms with Crippen LogP contribution in [0.5, 0.6) is 0 Å². The molecule has 0 atom stereocenters. The van der Waals surface area contributed by atoms with Gasteiger partial charge in [-0.1, -0.05) is 0 Å². The molecule has 0 amide bonds. The zero-order chi connectivity index (χ0) is 13.9. The van der Waals surface area contributed by atoms with Crippen molar-refractivity contribution in [2.75, 3.05) is 25.1 Å². The van der Waals surface area contributed by atoms with Crippen LogP contribution < -0.4 is 5.32 Å². The lowest BCUT2D eigenvalue weighted by Gasteiger charge is -2.22. The van der Waals surface area contributed by atoms with E-state index in [-0.39, 0.29) is 18.8 Å². The third-order valence-corrected chi connectivity index (χ3v) is 7.20. The summed E-state index contributed by atoms with van der Waals surface area (Å²) < 4.78 is 44.9. The Morgan fingerprint density at radius 2 is 1.59 bits per heavy atom. The second-order valence-electron chi connectivity index (χ2n) is 5.12. The van der Waals surface area contributed by atoms with Crippen LogP contribution in [-0.4, -0.2) is 51.9 Å². The van der Waals surface area contributed by atoms with Crippen molar-refractivity contribution < 1.29 is 16.8 Å². The smallest absolute Gasteiger partial charge is 0.153 e. The first kappa shape index (κ1) is 16.9. The van der Waals surface area contributed by atoms with Crippen LogP contribution in [0.25, 0.3) is 0 Å². The normalized spacial score (nSPS) is 14.2. The molecule has 0 saturated heterocycles. The van der Waals surface area contributed by atoms with Crippen LogP contribution in [0.1, 0.15) is 27.7 Å². The lowest BCUT2D eigenvalue weighted by molar-refractivity contribution is 0.526. The van der Waals surface area contributed by atoms with E-state index in [0.717, 1.165) is 0 Å². The highest BCUT2D eigenvalue weighted by Crippen LogP contribution is 2.13. The maximum absolute atomic E-state index is 11.5. The zero-order valence-electron chi connectivity index (χ0n) is 11.1. The minimum atomic E-state index is -3.15. The van der Waals surface area contributed by atoms with Crippen LogP contribution in [0.15, 0.2) is 0 Å². The van der Waals surface area contributed by atoms with Gasteiger partial charge in [-0.2, -0.15) is 0 Å². The second kappa shape index (κ2) is 5.67. The number of hydrogen-bond acceptors (Lipinski definition) is 5. The first-order valence-corrected chi connectivity index (χ1v) is 9.13. The second-order valence-corrected chi connectivity index (χ2v) is 10.5. The van der Waals surface area contributed by atoms with E-state index in [2.05, 4.69) is 5.32 Å². The molecule has 5 nitrogen and oxygen atoms in total. The van der Waals surface area contributed by atoms with Crippen molar-refractivity contribution >= 4 is 19.7 Å². The first-order chi connectivity index (χ1) is 7.40. The van der Waals surface area contributed by atoms with Crippen LogP contribution in [0.4, 0.5) is 0 Å². The summed E-state index contributed by atoms with van der Waals surface area (Å²) in [5.74, 6) is 0.0323. The molecule has 0 spiro atoms. The van der Waals surface area contributed by atoms with Crippen LogP contribution in [0.3, 0.4) is 0 Å². The summed E-state index contributed by atoms with van der Waals surface area (Å²) in [4.78, 5) is 0. The molecule has 0 aromatic rings. The van der Waals surface area contributed by atoms with Crippen molar-refractivity contribution in [3.8, 4) is 0 Å². The molecule has 0 aliphatic heterocycles. The largest absolute Gasteiger partial charge is 0.314 e. The fourth-order valence-electron chi connectivity index (χ4n) is 0.971. The summed E-state index contributed by atoms with van der Waals surface area (Å²) in [5.41, 5.74) is 0. The van der Waals surface area contributed by atoms with Gasteiger partial charge in [0.05, 0.1) is 15.7 Å². The van der Waals surface area contributed by atoms with E-state index in [9.17, 15) is 16.8 Å². The van der Waals surface area contributed by atoms with Crippen LogP contribution in [0.2, 0.25) is 0 Å². The lowest BCUT2D eigenvalue weighted by atomic mass is 10.2. The summed E-state index contributed by atoms with van der Waals surface area (Å²) in [6, 6.07) is 0. The van der Waals surface area contributed by atoms with Crippen molar-refractivity contribution in [2.24, 2.45) is 0 Å². The van der Waals surface area contributed by atoms with Gasteiger partial charge in [-0.25, -0.2) is 16.8 Å². The van der Waals surface area contributed by atoms with Crippen molar-refractivity contribution in [3.05, 3.63) is 0 Å². The van der Waals surface area contributed by atoms with E-state index in [1.54, 1.807) is 27.7 Å². The topological polar surface area (TPSA) is 80.3 Å². The SMILES string of the molecule is CC(C)S(=O)(=O)CCNCC(C)(C)S(C)(=O)=O. The molecule has 0 aliphatic carbocycles. The average Bonchev–Trinajstić information content (AvgIpc) is 2.10. The van der Waals surface area contributed by atoms with Gasteiger partial charge >= 0.3 is 0 Å². The van der Waals surface area contributed by atoms with Gasteiger partial charge in [-0.05, 0) is 27.7 Å². The Bertz CT molecular complexity index is 435. The Hall–Kier alpha value is -0.140. The average molecular weight is 285 g/mol. The molecule has 0 heterocycles. The Labute approximate surface area is 105 Å². The standard InChI is InChI=1S/C10H23NO4S2/c1-9(2)17(14,15)7-6-11-8-10(3,4)16(5,12)13/h9,11H,6-8H2,1-5H3. The highest BCUT2D eigenvalue weighted by atomic mass is 32.2. The highest BCUT2D eigenvalue weighted by molar-refractivity contribution is 7.92. The maximum Gasteiger partial charge on any atom is 0.153 e. The predicted octanol–water partition coefficient (Wildman–Crippen LogP) is 0.222. The number of sulfone groups is 2. The summed E-state index contributed by atoms with van der Waals surface area (Å²) in [5, 5.41) is 2.49. The van der Waals surface area contributed by atoms with Gasteiger partial charge in [0, 0.05) is 19.3 Å². The molecule has 0 bridgehead atoms. The number of rotatable bonds is 7. The number of hydrogen-bond donors (Lipinski definition) is 1. The van der Waals surface area contributed by atoms with E-state index in [1.807, 2.05) is 0 Å². The Morgan fingerprint density at radius 3 is 1.94 bits per heavy atom.